The number of carbonyl (C=O) groups is 1. The number of hydrogen-bond donors (Lipinski definition) is 2. The van der Waals surface area contributed by atoms with Gasteiger partial charge < -0.3 is 20.1 Å². The summed E-state index contributed by atoms with van der Waals surface area (Å²) in [6, 6.07) is 15.0. The Morgan fingerprint density at radius 3 is 2.72 bits per heavy atom. The fourth-order valence-corrected chi connectivity index (χ4v) is 3.31. The first-order valence-electron chi connectivity index (χ1n) is 9.55. The van der Waals surface area contributed by atoms with Crippen LogP contribution in [-0.4, -0.2) is 28.5 Å². The minimum absolute atomic E-state index is 0.132. The van der Waals surface area contributed by atoms with Crippen LogP contribution in [0.3, 0.4) is 0 Å². The van der Waals surface area contributed by atoms with Crippen molar-refractivity contribution in [1.29, 1.82) is 0 Å². The average Bonchev–Trinajstić information content (AvgIpc) is 3.27. The Kier molecular flexibility index (Phi) is 5.12. The number of nitrogens with one attached hydrogen (secondary N) is 2. The predicted octanol–water partition coefficient (Wildman–Crippen LogP) is 3.72. The van der Waals surface area contributed by atoms with E-state index < -0.39 is 6.04 Å². The molecule has 4 rings (SSSR count). The molecular formula is C22H24N4O3. The van der Waals surface area contributed by atoms with Gasteiger partial charge in [0.1, 0.15) is 6.04 Å². The van der Waals surface area contributed by atoms with Gasteiger partial charge in [0.25, 0.3) is 0 Å². The summed E-state index contributed by atoms with van der Waals surface area (Å²) in [6.07, 6.45) is 0. The molecule has 150 valence electrons. The number of rotatable bonds is 6. The summed E-state index contributed by atoms with van der Waals surface area (Å²) in [7, 11) is 0. The summed E-state index contributed by atoms with van der Waals surface area (Å²) >= 11 is 0. The molecular weight excluding hydrogens is 368 g/mol. The molecule has 0 saturated carbocycles. The SMILES string of the molecule is Cc1cc(C)n(Cc2cccc(NC(C)C(=O)Nc3ccc4c(c3)OCO4)c2)n1. The summed E-state index contributed by atoms with van der Waals surface area (Å²) in [4.78, 5) is 12.6. The molecule has 1 atom stereocenters. The van der Waals surface area contributed by atoms with Gasteiger partial charge in [-0.05, 0) is 56.7 Å². The molecule has 1 aromatic heterocycles. The first-order chi connectivity index (χ1) is 14.0. The van der Waals surface area contributed by atoms with Crippen LogP contribution in [0.2, 0.25) is 0 Å². The molecule has 0 saturated heterocycles. The Labute approximate surface area is 169 Å². The molecule has 0 aliphatic carbocycles. The number of benzene rings is 2. The predicted molar refractivity (Wildman–Crippen MR) is 112 cm³/mol. The summed E-state index contributed by atoms with van der Waals surface area (Å²) < 4.78 is 12.6. The lowest BCUT2D eigenvalue weighted by Crippen LogP contribution is -2.31. The third-order valence-electron chi connectivity index (χ3n) is 4.78. The number of aryl methyl sites for hydroxylation is 2. The Bertz CT molecular complexity index is 1040. The van der Waals surface area contributed by atoms with Crippen molar-refractivity contribution in [3.63, 3.8) is 0 Å². The quantitative estimate of drug-likeness (QED) is 0.669. The lowest BCUT2D eigenvalue weighted by atomic mass is 10.1. The topological polar surface area (TPSA) is 77.4 Å². The molecule has 2 heterocycles. The van der Waals surface area contributed by atoms with E-state index in [-0.39, 0.29) is 12.7 Å². The highest BCUT2D eigenvalue weighted by atomic mass is 16.7. The minimum Gasteiger partial charge on any atom is -0.454 e. The fourth-order valence-electron chi connectivity index (χ4n) is 3.31. The molecule has 7 nitrogen and oxygen atoms in total. The van der Waals surface area contributed by atoms with E-state index in [2.05, 4.69) is 27.9 Å². The van der Waals surface area contributed by atoms with E-state index in [9.17, 15) is 4.79 Å². The van der Waals surface area contributed by atoms with Crippen molar-refractivity contribution >= 4 is 17.3 Å². The number of nitrogens with zero attached hydrogens (tertiary/aromatic N) is 2. The van der Waals surface area contributed by atoms with Crippen molar-refractivity contribution in [3.05, 3.63) is 65.5 Å². The van der Waals surface area contributed by atoms with Gasteiger partial charge in [0.2, 0.25) is 12.7 Å². The molecule has 1 unspecified atom stereocenters. The molecule has 2 N–H and O–H groups in total. The highest BCUT2D eigenvalue weighted by molar-refractivity contribution is 5.96. The lowest BCUT2D eigenvalue weighted by molar-refractivity contribution is -0.116. The van der Waals surface area contributed by atoms with Gasteiger partial charge in [-0.15, -0.1) is 0 Å². The van der Waals surface area contributed by atoms with E-state index in [0.29, 0.717) is 23.7 Å². The van der Waals surface area contributed by atoms with E-state index in [1.807, 2.05) is 43.7 Å². The van der Waals surface area contributed by atoms with Crippen molar-refractivity contribution in [2.45, 2.75) is 33.4 Å². The van der Waals surface area contributed by atoms with Gasteiger partial charge in [-0.2, -0.15) is 5.10 Å². The zero-order valence-electron chi connectivity index (χ0n) is 16.7. The first-order valence-corrected chi connectivity index (χ1v) is 9.55. The lowest BCUT2D eigenvalue weighted by Gasteiger charge is -2.16. The Hall–Kier alpha value is -3.48. The van der Waals surface area contributed by atoms with Crippen molar-refractivity contribution in [1.82, 2.24) is 9.78 Å². The molecule has 0 spiro atoms. The summed E-state index contributed by atoms with van der Waals surface area (Å²) in [5.74, 6) is 1.20. The second-order valence-corrected chi connectivity index (χ2v) is 7.21. The molecule has 29 heavy (non-hydrogen) atoms. The van der Waals surface area contributed by atoms with Gasteiger partial charge in [0.15, 0.2) is 11.5 Å². The number of aromatic nitrogens is 2. The highest BCUT2D eigenvalue weighted by Crippen LogP contribution is 2.34. The molecule has 1 amide bonds. The Morgan fingerprint density at radius 2 is 1.93 bits per heavy atom. The zero-order valence-corrected chi connectivity index (χ0v) is 16.7. The van der Waals surface area contributed by atoms with Crippen LogP contribution in [0.15, 0.2) is 48.5 Å². The number of anilines is 2. The standard InChI is InChI=1S/C22H24N4O3/c1-14-9-15(2)26(25-14)12-17-5-4-6-18(10-17)23-16(3)22(27)24-19-7-8-20-21(11-19)29-13-28-20/h4-11,16,23H,12-13H2,1-3H3,(H,24,27). The molecule has 2 aromatic carbocycles. The summed E-state index contributed by atoms with van der Waals surface area (Å²) in [5, 5.41) is 10.7. The van der Waals surface area contributed by atoms with Crippen molar-refractivity contribution in [3.8, 4) is 11.5 Å². The number of fused-ring (bicyclic) bond motifs is 1. The molecule has 1 aliphatic rings. The maximum absolute atomic E-state index is 12.6. The summed E-state index contributed by atoms with van der Waals surface area (Å²) in [5.41, 5.74) is 4.80. The van der Waals surface area contributed by atoms with Crippen LogP contribution < -0.4 is 20.1 Å². The van der Waals surface area contributed by atoms with Crippen LogP contribution in [0.25, 0.3) is 0 Å². The van der Waals surface area contributed by atoms with Gasteiger partial charge in [-0.25, -0.2) is 0 Å². The minimum atomic E-state index is -0.413. The number of amides is 1. The number of ether oxygens (including phenoxy) is 2. The van der Waals surface area contributed by atoms with Gasteiger partial charge in [0, 0.05) is 23.1 Å². The molecule has 0 bridgehead atoms. The van der Waals surface area contributed by atoms with E-state index in [1.165, 1.54) is 0 Å². The van der Waals surface area contributed by atoms with Crippen molar-refractivity contribution in [2.75, 3.05) is 17.4 Å². The zero-order chi connectivity index (χ0) is 20.4. The average molecular weight is 392 g/mol. The third kappa shape index (κ3) is 4.34. The first kappa shape index (κ1) is 18.9. The molecule has 3 aromatic rings. The van der Waals surface area contributed by atoms with E-state index in [0.717, 1.165) is 22.6 Å². The second kappa shape index (κ2) is 7.87. The third-order valence-corrected chi connectivity index (χ3v) is 4.78. The van der Waals surface area contributed by atoms with Gasteiger partial charge in [-0.3, -0.25) is 9.48 Å². The van der Waals surface area contributed by atoms with Crippen molar-refractivity contribution in [2.24, 2.45) is 0 Å². The van der Waals surface area contributed by atoms with Crippen LogP contribution in [0.5, 0.6) is 11.5 Å². The maximum Gasteiger partial charge on any atom is 0.246 e. The second-order valence-electron chi connectivity index (χ2n) is 7.21. The molecule has 1 aliphatic heterocycles. The van der Waals surface area contributed by atoms with Crippen LogP contribution >= 0.6 is 0 Å². The van der Waals surface area contributed by atoms with Crippen LogP contribution in [0, 0.1) is 13.8 Å². The van der Waals surface area contributed by atoms with Crippen LogP contribution in [-0.2, 0) is 11.3 Å². The molecule has 7 heteroatoms. The molecule has 0 radical (unpaired) electrons. The van der Waals surface area contributed by atoms with Gasteiger partial charge in [-0.1, -0.05) is 12.1 Å². The van der Waals surface area contributed by atoms with Crippen LogP contribution in [0.1, 0.15) is 23.9 Å². The van der Waals surface area contributed by atoms with E-state index in [4.69, 9.17) is 9.47 Å². The van der Waals surface area contributed by atoms with Gasteiger partial charge >= 0.3 is 0 Å². The van der Waals surface area contributed by atoms with E-state index >= 15 is 0 Å². The highest BCUT2D eigenvalue weighted by Gasteiger charge is 2.17. The fraction of sp³-hybridized carbons (Fsp3) is 0.273. The van der Waals surface area contributed by atoms with E-state index in [1.54, 1.807) is 18.2 Å². The summed E-state index contributed by atoms with van der Waals surface area (Å²) in [6.45, 7) is 6.76. The normalized spacial score (nSPS) is 13.2. The Morgan fingerprint density at radius 1 is 1.10 bits per heavy atom. The number of hydrogen-bond acceptors (Lipinski definition) is 5. The maximum atomic E-state index is 12.6. The smallest absolute Gasteiger partial charge is 0.246 e. The van der Waals surface area contributed by atoms with Gasteiger partial charge in [0.05, 0.1) is 12.2 Å². The largest absolute Gasteiger partial charge is 0.454 e. The number of carbonyl (C=O) groups excluding carboxylic acids is 1. The Balaban J connectivity index is 1.39. The van der Waals surface area contributed by atoms with Crippen molar-refractivity contribution < 1.29 is 14.3 Å². The molecule has 0 fully saturated rings. The van der Waals surface area contributed by atoms with Crippen LogP contribution in [0.4, 0.5) is 11.4 Å². The monoisotopic (exact) mass is 392 g/mol.